The van der Waals surface area contributed by atoms with Crippen LogP contribution in [0.25, 0.3) is 0 Å². The van der Waals surface area contributed by atoms with Crippen molar-refractivity contribution in [3.8, 4) is 5.75 Å². The van der Waals surface area contributed by atoms with Crippen molar-refractivity contribution in [1.29, 1.82) is 0 Å². The normalized spacial score (nSPS) is 18.1. The molecule has 0 radical (unpaired) electrons. The lowest BCUT2D eigenvalue weighted by Crippen LogP contribution is -2.56. The third-order valence-corrected chi connectivity index (χ3v) is 7.02. The van der Waals surface area contributed by atoms with E-state index in [1.54, 1.807) is 7.11 Å². The fourth-order valence-electron chi connectivity index (χ4n) is 4.81. The minimum atomic E-state index is -0.478. The van der Waals surface area contributed by atoms with Crippen molar-refractivity contribution in [2.24, 2.45) is 0 Å². The molecule has 0 aromatic heterocycles. The smallest absolute Gasteiger partial charge is 0.237 e. The average molecular weight is 451 g/mol. The molecule has 1 atom stereocenters. The number of anilines is 1. The predicted octanol–water partition coefficient (Wildman–Crippen LogP) is 2.31. The molecule has 2 heterocycles. The van der Waals surface area contributed by atoms with Gasteiger partial charge in [-0.05, 0) is 60.2 Å². The molecule has 0 saturated carbocycles. The summed E-state index contributed by atoms with van der Waals surface area (Å²) in [5, 5.41) is 5.93. The summed E-state index contributed by atoms with van der Waals surface area (Å²) in [6, 6.07) is 9.91. The lowest BCUT2D eigenvalue weighted by molar-refractivity contribution is -0.134. The first kappa shape index (κ1) is 23.1. The van der Waals surface area contributed by atoms with E-state index in [-0.39, 0.29) is 18.2 Å². The second-order valence-corrected chi connectivity index (χ2v) is 9.07. The van der Waals surface area contributed by atoms with Crippen molar-refractivity contribution < 1.29 is 14.3 Å². The molecule has 2 aliphatic rings. The van der Waals surface area contributed by atoms with Crippen LogP contribution in [0, 0.1) is 13.8 Å². The molecule has 1 saturated heterocycles. The zero-order chi connectivity index (χ0) is 23.5. The summed E-state index contributed by atoms with van der Waals surface area (Å²) in [4.78, 5) is 29.8. The minimum absolute atomic E-state index is 0.0835. The molecule has 2 aliphatic heterocycles. The highest BCUT2D eigenvalue weighted by atomic mass is 16.5. The van der Waals surface area contributed by atoms with Gasteiger partial charge in [0.15, 0.2) is 0 Å². The number of carbonyl (C=O) groups excluding carboxylic acids is 2. The number of likely N-dealkylation sites (N-methyl/N-ethyl adjacent to an activating group) is 1. The van der Waals surface area contributed by atoms with Crippen molar-refractivity contribution in [2.75, 3.05) is 38.7 Å². The van der Waals surface area contributed by atoms with Crippen LogP contribution in [0.3, 0.4) is 0 Å². The Kier molecular flexibility index (Phi) is 6.88. The predicted molar refractivity (Wildman–Crippen MR) is 130 cm³/mol. The van der Waals surface area contributed by atoms with Gasteiger partial charge in [-0.25, -0.2) is 0 Å². The molecule has 2 amide bonds. The molecule has 7 nitrogen and oxygen atoms in total. The van der Waals surface area contributed by atoms with Gasteiger partial charge in [-0.1, -0.05) is 18.2 Å². The van der Waals surface area contributed by atoms with E-state index in [0.717, 1.165) is 41.0 Å². The zero-order valence-corrected chi connectivity index (χ0v) is 20.0. The van der Waals surface area contributed by atoms with Crippen LogP contribution in [0.1, 0.15) is 34.2 Å². The average Bonchev–Trinajstić information content (AvgIpc) is 3.18. The van der Waals surface area contributed by atoms with Crippen LogP contribution in [0.2, 0.25) is 0 Å². The summed E-state index contributed by atoms with van der Waals surface area (Å²) >= 11 is 0. The van der Waals surface area contributed by atoms with E-state index in [0.29, 0.717) is 26.2 Å². The lowest BCUT2D eigenvalue weighted by atomic mass is 10.00. The van der Waals surface area contributed by atoms with E-state index in [4.69, 9.17) is 4.74 Å². The highest BCUT2D eigenvalue weighted by Crippen LogP contribution is 2.28. The maximum atomic E-state index is 12.8. The molecule has 2 aromatic rings. The van der Waals surface area contributed by atoms with Crippen molar-refractivity contribution in [2.45, 2.75) is 45.8 Å². The molecule has 33 heavy (non-hydrogen) atoms. The van der Waals surface area contributed by atoms with Gasteiger partial charge in [-0.3, -0.25) is 14.5 Å². The fraction of sp³-hybridized carbons (Fsp3) is 0.462. The van der Waals surface area contributed by atoms with Crippen molar-refractivity contribution in [3.05, 3.63) is 58.1 Å². The number of hydrogen-bond donors (Lipinski definition) is 2. The van der Waals surface area contributed by atoms with Gasteiger partial charge >= 0.3 is 0 Å². The number of fused-ring (bicyclic) bond motifs is 1. The monoisotopic (exact) mass is 450 g/mol. The van der Waals surface area contributed by atoms with Crippen molar-refractivity contribution in [1.82, 2.24) is 15.5 Å². The summed E-state index contributed by atoms with van der Waals surface area (Å²) in [6.45, 7) is 7.56. The first-order chi connectivity index (χ1) is 15.9. The lowest BCUT2D eigenvalue weighted by Gasteiger charge is -2.35. The Balaban J connectivity index is 1.39. The summed E-state index contributed by atoms with van der Waals surface area (Å²) in [5.74, 6) is 0.670. The number of methoxy groups -OCH3 is 1. The maximum Gasteiger partial charge on any atom is 0.237 e. The maximum absolute atomic E-state index is 12.8. The number of hydrogen-bond acceptors (Lipinski definition) is 5. The molecule has 176 valence electrons. The zero-order valence-electron chi connectivity index (χ0n) is 20.0. The van der Waals surface area contributed by atoms with Crippen LogP contribution in [0.4, 0.5) is 5.69 Å². The van der Waals surface area contributed by atoms with Crippen LogP contribution in [0.15, 0.2) is 30.3 Å². The summed E-state index contributed by atoms with van der Waals surface area (Å²) < 4.78 is 5.42. The van der Waals surface area contributed by atoms with E-state index in [1.807, 2.05) is 13.0 Å². The van der Waals surface area contributed by atoms with Gasteiger partial charge < -0.3 is 20.3 Å². The number of amides is 2. The molecular weight excluding hydrogens is 416 g/mol. The largest absolute Gasteiger partial charge is 0.496 e. The van der Waals surface area contributed by atoms with Gasteiger partial charge in [0.05, 0.1) is 19.6 Å². The van der Waals surface area contributed by atoms with E-state index in [2.05, 4.69) is 58.7 Å². The quantitative estimate of drug-likeness (QED) is 0.677. The Morgan fingerprint density at radius 1 is 1.18 bits per heavy atom. The van der Waals surface area contributed by atoms with Crippen molar-refractivity contribution in [3.63, 3.8) is 0 Å². The van der Waals surface area contributed by atoms with Crippen LogP contribution in [0.5, 0.6) is 5.75 Å². The van der Waals surface area contributed by atoms with E-state index in [1.165, 1.54) is 11.3 Å². The summed E-state index contributed by atoms with van der Waals surface area (Å²) in [5.41, 5.74) is 7.09. The molecule has 2 N–H and O–H groups in total. The second kappa shape index (κ2) is 9.83. The van der Waals surface area contributed by atoms with Crippen LogP contribution >= 0.6 is 0 Å². The molecule has 0 spiro atoms. The third kappa shape index (κ3) is 4.98. The topological polar surface area (TPSA) is 73.9 Å². The van der Waals surface area contributed by atoms with Gasteiger partial charge in [0.2, 0.25) is 11.8 Å². The SMILES string of the molecule is COc1ccc(CN2CCNC(=O)C2CC(=O)NCc2ccc3c(c2)CCN3C)c(C)c1C. The molecule has 0 bridgehead atoms. The van der Waals surface area contributed by atoms with Crippen LogP contribution in [-0.4, -0.2) is 56.5 Å². The summed E-state index contributed by atoms with van der Waals surface area (Å²) in [6.07, 6.45) is 1.18. The van der Waals surface area contributed by atoms with Gasteiger partial charge in [0.25, 0.3) is 0 Å². The number of nitrogens with zero attached hydrogens (tertiary/aromatic N) is 2. The van der Waals surface area contributed by atoms with Crippen LogP contribution < -0.4 is 20.3 Å². The Labute approximate surface area is 196 Å². The second-order valence-electron chi connectivity index (χ2n) is 9.07. The first-order valence-electron chi connectivity index (χ1n) is 11.6. The first-order valence-corrected chi connectivity index (χ1v) is 11.6. The van der Waals surface area contributed by atoms with Gasteiger partial charge in [-0.15, -0.1) is 0 Å². The molecule has 7 heteroatoms. The molecule has 0 aliphatic carbocycles. The number of piperazine rings is 1. The van der Waals surface area contributed by atoms with E-state index >= 15 is 0 Å². The molecule has 4 rings (SSSR count). The van der Waals surface area contributed by atoms with Gasteiger partial charge in [0, 0.05) is 45.5 Å². The Bertz CT molecular complexity index is 1050. The van der Waals surface area contributed by atoms with Crippen LogP contribution in [-0.2, 0) is 29.1 Å². The molecule has 1 fully saturated rings. The summed E-state index contributed by atoms with van der Waals surface area (Å²) in [7, 11) is 3.77. The Morgan fingerprint density at radius 3 is 2.79 bits per heavy atom. The minimum Gasteiger partial charge on any atom is -0.496 e. The number of nitrogens with one attached hydrogen (secondary N) is 2. The van der Waals surface area contributed by atoms with Gasteiger partial charge in [-0.2, -0.15) is 0 Å². The van der Waals surface area contributed by atoms with Gasteiger partial charge in [0.1, 0.15) is 5.75 Å². The van der Waals surface area contributed by atoms with Crippen molar-refractivity contribution >= 4 is 17.5 Å². The standard InChI is InChI=1S/C26H34N4O3/c1-17-18(2)24(33-4)8-6-21(17)16-30-12-10-27-26(32)23(30)14-25(31)28-15-19-5-7-22-20(13-19)9-11-29(22)3/h5-8,13,23H,9-12,14-16H2,1-4H3,(H,27,32)(H,28,31). The number of benzene rings is 2. The molecule has 1 unspecified atom stereocenters. The molecular formula is C26H34N4O3. The Hall–Kier alpha value is -3.06. The highest BCUT2D eigenvalue weighted by molar-refractivity contribution is 5.88. The number of carbonyl (C=O) groups is 2. The molecule has 2 aromatic carbocycles. The Morgan fingerprint density at radius 2 is 2.00 bits per heavy atom. The number of rotatable bonds is 7. The highest BCUT2D eigenvalue weighted by Gasteiger charge is 2.32. The van der Waals surface area contributed by atoms with E-state index < -0.39 is 6.04 Å². The fourth-order valence-corrected chi connectivity index (χ4v) is 4.81. The third-order valence-electron chi connectivity index (χ3n) is 7.02. The number of ether oxygens (including phenoxy) is 1. The van der Waals surface area contributed by atoms with E-state index in [9.17, 15) is 9.59 Å².